The van der Waals surface area contributed by atoms with Gasteiger partial charge in [0.1, 0.15) is 0 Å². The number of nitrogens with zero attached hydrogens (tertiary/aromatic N) is 4. The van der Waals surface area contributed by atoms with Crippen LogP contribution in [0.2, 0.25) is 0 Å². The molecule has 0 saturated heterocycles. The molecule has 1 aromatic carbocycles. The number of aromatic nitrogens is 2. The molecule has 1 aliphatic heterocycles. The Morgan fingerprint density at radius 3 is 2.95 bits per heavy atom. The van der Waals surface area contributed by atoms with Crippen molar-refractivity contribution in [1.82, 2.24) is 15.3 Å². The number of halogens is 1. The van der Waals surface area contributed by atoms with Crippen molar-refractivity contribution in [2.45, 2.75) is 6.92 Å². The number of anilines is 2. The Bertz CT molecular complexity index is 1260. The third-order valence-corrected chi connectivity index (χ3v) is 6.12. The zero-order chi connectivity index (χ0) is 24.9. The van der Waals surface area contributed by atoms with Gasteiger partial charge in [0.2, 0.25) is 0 Å². The van der Waals surface area contributed by atoms with Gasteiger partial charge in [-0.3, -0.25) is 6.58 Å². The van der Waals surface area contributed by atoms with Crippen molar-refractivity contribution in [3.63, 3.8) is 0 Å². The maximum absolute atomic E-state index is 8.61. The summed E-state index contributed by atoms with van der Waals surface area (Å²) >= 11 is -0.328. The van der Waals surface area contributed by atoms with E-state index in [0.717, 1.165) is 21.8 Å². The molecule has 0 atom stereocenters. The van der Waals surface area contributed by atoms with Crippen molar-refractivity contribution >= 4 is 33.9 Å². The summed E-state index contributed by atoms with van der Waals surface area (Å²) in [4.78, 5) is 12.4. The number of benzene rings is 1. The van der Waals surface area contributed by atoms with Crippen LogP contribution in [0.4, 0.5) is 11.5 Å². The molecular weight excluding hydrogens is 569 g/mol. The van der Waals surface area contributed by atoms with Crippen molar-refractivity contribution < 1.29 is 68.4 Å². The van der Waals surface area contributed by atoms with Crippen LogP contribution in [0, 0.1) is 32.9 Å². The number of aryl methyl sites for hydroxylation is 1. The van der Waals surface area contributed by atoms with Crippen LogP contribution in [-0.4, -0.2) is 42.2 Å². The first-order chi connectivity index (χ1) is 17.2. The average Bonchev–Trinajstić information content (AvgIpc) is 3.07. The van der Waals surface area contributed by atoms with E-state index in [1.54, 1.807) is 0 Å². The van der Waals surface area contributed by atoms with Crippen LogP contribution in [0.15, 0.2) is 51.5 Å². The first-order valence-corrected chi connectivity index (χ1v) is 13.1. The zero-order valence-corrected chi connectivity index (χ0v) is 23.3. The summed E-state index contributed by atoms with van der Waals surface area (Å²) < 4.78 is 16.0. The molecule has 184 valence electrons. The predicted octanol–water partition coefficient (Wildman–Crippen LogP) is -6.76. The minimum atomic E-state index is -0.328. The van der Waals surface area contributed by atoms with Gasteiger partial charge in [-0.2, -0.15) is 0 Å². The SMILES string of the molecule is [CH-]=C/C(=C\[C-]=NC=[N-])Oc1ccc(Nc2ncnc3c2=C(OC[CH-]CNC[CH2-])[C-]=C[I-]C=3)cc1C.[Li+].[Li+]. The third kappa shape index (κ3) is 10.3. The molecule has 2 aromatic rings. The summed E-state index contributed by atoms with van der Waals surface area (Å²) in [5.41, 5.74) is 1.68. The fourth-order valence-corrected chi connectivity index (χ4v) is 4.37. The molecule has 0 radical (unpaired) electrons. The normalized spacial score (nSPS) is 12.6. The number of hydrogen-bond donors (Lipinski definition) is 2. The number of nitrogens with one attached hydrogen (secondary N) is 2. The summed E-state index contributed by atoms with van der Waals surface area (Å²) in [7, 11) is 0. The van der Waals surface area contributed by atoms with Crippen LogP contribution in [0.3, 0.4) is 0 Å². The zero-order valence-electron chi connectivity index (χ0n) is 21.2. The van der Waals surface area contributed by atoms with Gasteiger partial charge in [-0.05, 0) is 0 Å². The van der Waals surface area contributed by atoms with E-state index in [1.807, 2.05) is 35.6 Å². The van der Waals surface area contributed by atoms with Crippen LogP contribution in [0.5, 0.6) is 5.75 Å². The molecule has 1 aliphatic rings. The Kier molecular flexibility index (Phi) is 16.2. The van der Waals surface area contributed by atoms with Gasteiger partial charge in [-0.15, -0.1) is 0 Å². The molecule has 0 aliphatic carbocycles. The second-order valence-corrected chi connectivity index (χ2v) is 8.86. The molecular formula is C26H24ILi2N6O2-5. The van der Waals surface area contributed by atoms with Gasteiger partial charge in [0.25, 0.3) is 0 Å². The summed E-state index contributed by atoms with van der Waals surface area (Å²) in [6, 6.07) is 5.62. The monoisotopic (exact) mass is 593 g/mol. The minimum Gasteiger partial charge on any atom is 1.00 e. The quantitative estimate of drug-likeness (QED) is 0.0350. The van der Waals surface area contributed by atoms with Gasteiger partial charge >= 0.3 is 225 Å². The smallest absolute Gasteiger partial charge is 1.00 e. The van der Waals surface area contributed by atoms with Gasteiger partial charge in [-0.25, -0.2) is 12.6 Å². The molecule has 2 heterocycles. The summed E-state index contributed by atoms with van der Waals surface area (Å²) in [5, 5.41) is 16.7. The van der Waals surface area contributed by atoms with Crippen LogP contribution < -0.4 is 84.9 Å². The first-order valence-electron chi connectivity index (χ1n) is 10.6. The van der Waals surface area contributed by atoms with Gasteiger partial charge in [0.15, 0.2) is 0 Å². The van der Waals surface area contributed by atoms with Gasteiger partial charge in [0.05, 0.1) is 0 Å². The predicted molar refractivity (Wildman–Crippen MR) is 134 cm³/mol. The van der Waals surface area contributed by atoms with Crippen LogP contribution in [0.25, 0.3) is 15.3 Å². The van der Waals surface area contributed by atoms with Crippen molar-refractivity contribution in [2.24, 2.45) is 4.99 Å². The Hall–Kier alpha value is -2.12. The Morgan fingerprint density at radius 2 is 2.22 bits per heavy atom. The number of hydrogen-bond acceptors (Lipinski definition) is 6. The number of fused-ring (bicyclic) bond motifs is 1. The molecule has 3 rings (SSSR count). The van der Waals surface area contributed by atoms with Crippen molar-refractivity contribution in [3.8, 4) is 5.75 Å². The Morgan fingerprint density at radius 1 is 1.38 bits per heavy atom. The van der Waals surface area contributed by atoms with Crippen LogP contribution in [-0.2, 0) is 4.74 Å². The standard InChI is InChI=1S/C26H24IN6O2.2Li/c1-4-21(10-13-30-17-28)35-23-8-7-20(15-19(23)3)33-26-25-22(31-18-32-26)16-27-11-9-24(25)34-14-6-12-29-5-2;;/h1,4,6-8,10-11,15-18,29H,2,5,12,14H2,3H3,(H,31,32,33);;/q-7;2*+1/b21-10+;;. The number of aliphatic imine (C=N–C) groups is 1. The molecule has 37 heavy (non-hydrogen) atoms. The fraction of sp³-hybridized carbons (Fsp3) is 0.154. The van der Waals surface area contributed by atoms with Crippen molar-refractivity contribution in [1.29, 1.82) is 0 Å². The van der Waals surface area contributed by atoms with E-state index in [4.69, 9.17) is 21.5 Å². The van der Waals surface area contributed by atoms with E-state index in [1.165, 1.54) is 18.5 Å². The largest absolute Gasteiger partial charge is 1.00 e. The van der Waals surface area contributed by atoms with Crippen LogP contribution >= 0.6 is 0 Å². The molecule has 8 nitrogen and oxygen atoms in total. The third-order valence-electron chi connectivity index (χ3n) is 4.50. The first kappa shape index (κ1) is 32.9. The van der Waals surface area contributed by atoms with E-state index < -0.39 is 0 Å². The molecule has 0 fully saturated rings. The molecule has 2 N–H and O–H groups in total. The van der Waals surface area contributed by atoms with E-state index in [0.29, 0.717) is 49.1 Å². The number of allylic oxidation sites excluding steroid dienone is 2. The van der Waals surface area contributed by atoms with Crippen molar-refractivity contribution in [3.05, 3.63) is 94.1 Å². The van der Waals surface area contributed by atoms with E-state index in [2.05, 4.69) is 48.9 Å². The maximum Gasteiger partial charge on any atom is 1.00 e. The molecule has 11 heteroatoms. The fourth-order valence-electron chi connectivity index (χ4n) is 2.92. The minimum absolute atomic E-state index is 0. The molecule has 0 unspecified atom stereocenters. The van der Waals surface area contributed by atoms with E-state index in [9.17, 15) is 0 Å². The van der Waals surface area contributed by atoms with Gasteiger partial charge in [-0.1, -0.05) is 0 Å². The number of rotatable bonds is 13. The molecule has 1 aromatic heterocycles. The van der Waals surface area contributed by atoms with Crippen LogP contribution in [0.1, 0.15) is 5.56 Å². The molecule has 0 bridgehead atoms. The second kappa shape index (κ2) is 18.2. The second-order valence-electron chi connectivity index (χ2n) is 6.90. The van der Waals surface area contributed by atoms with Crippen molar-refractivity contribution in [2.75, 3.05) is 25.0 Å². The molecule has 0 spiro atoms. The average molecular weight is 593 g/mol. The topological polar surface area (TPSA) is 103 Å². The summed E-state index contributed by atoms with van der Waals surface area (Å²) in [5.74, 6) is 2.17. The van der Waals surface area contributed by atoms with E-state index >= 15 is 0 Å². The van der Waals surface area contributed by atoms with E-state index in [-0.39, 0.29) is 58.9 Å². The Labute approximate surface area is 252 Å². The Balaban J connectivity index is 0.00000342. The maximum atomic E-state index is 8.61. The van der Waals surface area contributed by atoms with Gasteiger partial charge in [0, 0.05) is 0 Å². The van der Waals surface area contributed by atoms with Gasteiger partial charge < -0.3 is 10.4 Å². The number of ether oxygens (including phenoxy) is 2. The molecule has 0 saturated carbocycles. The summed E-state index contributed by atoms with van der Waals surface area (Å²) in [6.07, 6.45) is 12.6. The summed E-state index contributed by atoms with van der Waals surface area (Å²) in [6.45, 7) is 13.1. The molecule has 0 amide bonds.